The number of nitrogen functional groups attached to an aromatic ring is 1. The molecule has 20 heavy (non-hydrogen) atoms. The molecule has 1 aromatic heterocycles. The second kappa shape index (κ2) is 5.50. The molecule has 0 aliphatic rings. The van der Waals surface area contributed by atoms with Gasteiger partial charge in [-0.1, -0.05) is 17.7 Å². The number of sulfone groups is 1. The predicted molar refractivity (Wildman–Crippen MR) is 77.3 cm³/mol. The molecule has 0 saturated carbocycles. The lowest BCUT2D eigenvalue weighted by Gasteiger charge is -2.10. The van der Waals surface area contributed by atoms with Crippen LogP contribution < -0.4 is 10.5 Å². The van der Waals surface area contributed by atoms with E-state index in [9.17, 15) is 8.42 Å². The highest BCUT2D eigenvalue weighted by molar-refractivity contribution is 7.90. The number of nitrogens with two attached hydrogens (primary N) is 1. The fourth-order valence-electron chi connectivity index (χ4n) is 1.96. The van der Waals surface area contributed by atoms with Crippen LogP contribution in [0.5, 0.6) is 5.75 Å². The molecule has 0 aliphatic carbocycles. The molecule has 0 atom stereocenters. The molecule has 2 N–H and O–H groups in total. The number of methoxy groups -OCH3 is 1. The maximum absolute atomic E-state index is 12.4. The van der Waals surface area contributed by atoms with E-state index in [4.69, 9.17) is 10.5 Å². The van der Waals surface area contributed by atoms with Crippen molar-refractivity contribution < 1.29 is 13.2 Å². The maximum atomic E-state index is 12.4. The molecule has 0 amide bonds. The zero-order chi connectivity index (χ0) is 14.8. The molecule has 5 nitrogen and oxygen atoms in total. The molecular formula is C14H16N2O3S. The van der Waals surface area contributed by atoms with Crippen molar-refractivity contribution in [3.05, 3.63) is 47.7 Å². The topological polar surface area (TPSA) is 82.3 Å². The standard InChI is InChI=1S/C14H16N2O3S/c1-10-5-6-13(19-2)11(8-10)9-20(17,18)14-12(15)4-3-7-16-14/h3-8H,9,15H2,1-2H3. The molecule has 1 heterocycles. The molecule has 0 radical (unpaired) electrons. The van der Waals surface area contributed by atoms with Gasteiger partial charge in [0.25, 0.3) is 0 Å². The summed E-state index contributed by atoms with van der Waals surface area (Å²) in [4.78, 5) is 3.87. The number of aromatic nitrogens is 1. The monoisotopic (exact) mass is 292 g/mol. The molecule has 106 valence electrons. The predicted octanol–water partition coefficient (Wildman–Crippen LogP) is 1.95. The third-order valence-electron chi connectivity index (χ3n) is 2.88. The van der Waals surface area contributed by atoms with Gasteiger partial charge in [-0.15, -0.1) is 0 Å². The van der Waals surface area contributed by atoms with Crippen LogP contribution in [0.2, 0.25) is 0 Å². The van der Waals surface area contributed by atoms with Crippen LogP contribution in [-0.2, 0) is 15.6 Å². The van der Waals surface area contributed by atoms with Gasteiger partial charge in [0.2, 0.25) is 9.84 Å². The highest BCUT2D eigenvalue weighted by Gasteiger charge is 2.21. The summed E-state index contributed by atoms with van der Waals surface area (Å²) in [6.45, 7) is 1.89. The fraction of sp³-hybridized carbons (Fsp3) is 0.214. The number of hydrogen-bond acceptors (Lipinski definition) is 5. The van der Waals surface area contributed by atoms with E-state index < -0.39 is 9.84 Å². The van der Waals surface area contributed by atoms with Gasteiger partial charge in [0.1, 0.15) is 5.75 Å². The molecule has 1 aromatic carbocycles. The Bertz CT molecular complexity index is 727. The number of hydrogen-bond donors (Lipinski definition) is 1. The number of benzene rings is 1. The van der Waals surface area contributed by atoms with Crippen molar-refractivity contribution in [1.82, 2.24) is 4.98 Å². The first-order valence-corrected chi connectivity index (χ1v) is 7.66. The normalized spacial score (nSPS) is 11.3. The van der Waals surface area contributed by atoms with Crippen molar-refractivity contribution in [2.75, 3.05) is 12.8 Å². The number of anilines is 1. The van der Waals surface area contributed by atoms with Gasteiger partial charge in [-0.25, -0.2) is 13.4 Å². The average molecular weight is 292 g/mol. The van der Waals surface area contributed by atoms with E-state index in [0.717, 1.165) is 5.56 Å². The van der Waals surface area contributed by atoms with Gasteiger partial charge in [-0.3, -0.25) is 0 Å². The van der Waals surface area contributed by atoms with Crippen molar-refractivity contribution in [2.45, 2.75) is 17.7 Å². The van der Waals surface area contributed by atoms with Crippen LogP contribution in [0.3, 0.4) is 0 Å². The number of rotatable bonds is 4. The zero-order valence-electron chi connectivity index (χ0n) is 11.3. The fourth-order valence-corrected chi connectivity index (χ4v) is 3.38. The van der Waals surface area contributed by atoms with E-state index in [0.29, 0.717) is 11.3 Å². The Hall–Kier alpha value is -2.08. The minimum Gasteiger partial charge on any atom is -0.496 e. The number of pyridine rings is 1. The van der Waals surface area contributed by atoms with Crippen LogP contribution in [0, 0.1) is 6.92 Å². The van der Waals surface area contributed by atoms with Gasteiger partial charge in [0.05, 0.1) is 18.6 Å². The first-order chi connectivity index (χ1) is 9.44. The van der Waals surface area contributed by atoms with Crippen LogP contribution in [0.15, 0.2) is 41.6 Å². The third kappa shape index (κ3) is 2.91. The van der Waals surface area contributed by atoms with Gasteiger partial charge in [0.15, 0.2) is 5.03 Å². The quantitative estimate of drug-likeness (QED) is 0.931. The lowest BCUT2D eigenvalue weighted by atomic mass is 10.1. The van der Waals surface area contributed by atoms with Crippen molar-refractivity contribution in [3.8, 4) is 5.75 Å². The average Bonchev–Trinajstić information content (AvgIpc) is 2.39. The second-order valence-corrected chi connectivity index (χ2v) is 6.38. The van der Waals surface area contributed by atoms with Crippen molar-refractivity contribution in [1.29, 1.82) is 0 Å². The summed E-state index contributed by atoms with van der Waals surface area (Å²) in [6, 6.07) is 8.52. The lowest BCUT2D eigenvalue weighted by molar-refractivity contribution is 0.411. The largest absolute Gasteiger partial charge is 0.496 e. The van der Waals surface area contributed by atoms with Crippen LogP contribution in [0.25, 0.3) is 0 Å². The SMILES string of the molecule is COc1ccc(C)cc1CS(=O)(=O)c1ncccc1N. The van der Waals surface area contributed by atoms with Gasteiger partial charge in [0, 0.05) is 11.8 Å². The van der Waals surface area contributed by atoms with Crippen LogP contribution >= 0.6 is 0 Å². The Morgan fingerprint density at radius 2 is 2.05 bits per heavy atom. The summed E-state index contributed by atoms with van der Waals surface area (Å²) < 4.78 is 30.0. The highest BCUT2D eigenvalue weighted by Crippen LogP contribution is 2.26. The van der Waals surface area contributed by atoms with Gasteiger partial charge in [-0.2, -0.15) is 0 Å². The first kappa shape index (κ1) is 14.3. The summed E-state index contributed by atoms with van der Waals surface area (Å²) in [5.41, 5.74) is 7.40. The van der Waals surface area contributed by atoms with Gasteiger partial charge < -0.3 is 10.5 Å². The summed E-state index contributed by atoms with van der Waals surface area (Å²) in [5.74, 6) is 0.340. The Balaban J connectivity index is 2.44. The van der Waals surface area contributed by atoms with E-state index in [2.05, 4.69) is 4.98 Å². The summed E-state index contributed by atoms with van der Waals surface area (Å²) in [7, 11) is -2.10. The Morgan fingerprint density at radius 1 is 1.30 bits per heavy atom. The molecule has 0 fully saturated rings. The molecule has 0 aliphatic heterocycles. The number of aryl methyl sites for hydroxylation is 1. The lowest BCUT2D eigenvalue weighted by Crippen LogP contribution is -2.10. The highest BCUT2D eigenvalue weighted by atomic mass is 32.2. The molecule has 2 rings (SSSR count). The Kier molecular flexibility index (Phi) is 3.94. The van der Waals surface area contributed by atoms with Crippen LogP contribution in [-0.4, -0.2) is 20.5 Å². The maximum Gasteiger partial charge on any atom is 0.201 e. The Labute approximate surface area is 118 Å². The zero-order valence-corrected chi connectivity index (χ0v) is 12.1. The van der Waals surface area contributed by atoms with E-state index in [1.165, 1.54) is 19.4 Å². The minimum atomic E-state index is -3.61. The molecule has 6 heteroatoms. The van der Waals surface area contributed by atoms with Crippen LogP contribution in [0.1, 0.15) is 11.1 Å². The third-order valence-corrected chi connectivity index (χ3v) is 4.50. The molecular weight excluding hydrogens is 276 g/mol. The summed E-state index contributed by atoms with van der Waals surface area (Å²) in [6.07, 6.45) is 1.41. The van der Waals surface area contributed by atoms with Gasteiger partial charge in [-0.05, 0) is 25.1 Å². The molecule has 0 bridgehead atoms. The summed E-state index contributed by atoms with van der Waals surface area (Å²) in [5, 5.41) is -0.0939. The van der Waals surface area contributed by atoms with Crippen molar-refractivity contribution in [3.63, 3.8) is 0 Å². The van der Waals surface area contributed by atoms with E-state index in [-0.39, 0.29) is 16.5 Å². The molecule has 0 saturated heterocycles. The number of nitrogens with zero attached hydrogens (tertiary/aromatic N) is 1. The smallest absolute Gasteiger partial charge is 0.201 e. The summed E-state index contributed by atoms with van der Waals surface area (Å²) >= 11 is 0. The van der Waals surface area contributed by atoms with E-state index >= 15 is 0 Å². The molecule has 2 aromatic rings. The van der Waals surface area contributed by atoms with Gasteiger partial charge >= 0.3 is 0 Å². The molecule has 0 spiro atoms. The Morgan fingerprint density at radius 3 is 2.70 bits per heavy atom. The second-order valence-electron chi connectivity index (χ2n) is 4.47. The van der Waals surface area contributed by atoms with Crippen molar-refractivity contribution in [2.24, 2.45) is 0 Å². The number of ether oxygens (including phenoxy) is 1. The molecule has 0 unspecified atom stereocenters. The van der Waals surface area contributed by atoms with E-state index in [1.807, 2.05) is 13.0 Å². The minimum absolute atomic E-state index is 0.0939. The van der Waals surface area contributed by atoms with Crippen molar-refractivity contribution >= 4 is 15.5 Å². The first-order valence-electron chi connectivity index (χ1n) is 6.01. The van der Waals surface area contributed by atoms with E-state index in [1.54, 1.807) is 18.2 Å². The van der Waals surface area contributed by atoms with Crippen LogP contribution in [0.4, 0.5) is 5.69 Å².